The largest absolute Gasteiger partial charge is 0.176 e. The summed E-state index contributed by atoms with van der Waals surface area (Å²) in [6.45, 7) is 8.27. The molecule has 0 aromatic heterocycles. The fourth-order valence-electron chi connectivity index (χ4n) is 0. The molecule has 3 heteroatoms. The molecule has 0 aromatic rings. The summed E-state index contributed by atoms with van der Waals surface area (Å²) in [5.41, 5.74) is 0. The molecule has 0 aromatic carbocycles. The van der Waals surface area contributed by atoms with E-state index in [9.17, 15) is 0 Å². The summed E-state index contributed by atoms with van der Waals surface area (Å²) in [5.74, 6) is 0. The highest BCUT2D eigenvalue weighted by molar-refractivity contribution is 7.85. The van der Waals surface area contributed by atoms with Gasteiger partial charge in [0.1, 0.15) is 0 Å². The standard InChI is InChI=1S/C4H10S2.C4H10S/c1-3(5)4(2)6;1-3-4(2)5/h3-6H,1-2H3;4-5H,3H2,1-2H3. The zero-order chi connectivity index (χ0) is 9.44. The lowest BCUT2D eigenvalue weighted by Gasteiger charge is -2.03. The fraction of sp³-hybridized carbons (Fsp3) is 1.00. The molecule has 0 heterocycles. The Morgan fingerprint density at radius 3 is 1.09 bits per heavy atom. The van der Waals surface area contributed by atoms with Crippen molar-refractivity contribution in [2.24, 2.45) is 0 Å². The normalized spacial score (nSPS) is 17.7. The minimum absolute atomic E-state index is 0.410. The van der Waals surface area contributed by atoms with Crippen molar-refractivity contribution in [1.29, 1.82) is 0 Å². The zero-order valence-electron chi connectivity index (χ0n) is 7.78. The molecular weight excluding hydrogens is 192 g/mol. The van der Waals surface area contributed by atoms with E-state index in [1.807, 2.05) is 13.8 Å². The van der Waals surface area contributed by atoms with Crippen LogP contribution in [0.4, 0.5) is 0 Å². The van der Waals surface area contributed by atoms with Crippen LogP contribution in [0.15, 0.2) is 0 Å². The Morgan fingerprint density at radius 2 is 1.09 bits per heavy atom. The van der Waals surface area contributed by atoms with Gasteiger partial charge in [0, 0.05) is 10.5 Å². The first-order valence-electron chi connectivity index (χ1n) is 3.96. The van der Waals surface area contributed by atoms with Gasteiger partial charge in [0.2, 0.25) is 0 Å². The van der Waals surface area contributed by atoms with Gasteiger partial charge in [-0.1, -0.05) is 27.7 Å². The second-order valence-electron chi connectivity index (χ2n) is 2.74. The quantitative estimate of drug-likeness (QED) is 0.575. The molecule has 0 aliphatic rings. The first-order chi connectivity index (χ1) is 4.91. The van der Waals surface area contributed by atoms with Crippen molar-refractivity contribution in [3.05, 3.63) is 0 Å². The monoisotopic (exact) mass is 212 g/mol. The van der Waals surface area contributed by atoms with Gasteiger partial charge in [-0.3, -0.25) is 0 Å². The van der Waals surface area contributed by atoms with Gasteiger partial charge in [-0.25, -0.2) is 0 Å². The third-order valence-electron chi connectivity index (χ3n) is 1.29. The molecule has 0 aliphatic heterocycles. The van der Waals surface area contributed by atoms with Gasteiger partial charge < -0.3 is 0 Å². The zero-order valence-corrected chi connectivity index (χ0v) is 10.5. The Labute approximate surface area is 87.8 Å². The molecule has 0 fully saturated rings. The van der Waals surface area contributed by atoms with Gasteiger partial charge in [-0.05, 0) is 11.7 Å². The van der Waals surface area contributed by atoms with E-state index in [4.69, 9.17) is 0 Å². The maximum absolute atomic E-state index is 4.12. The third-order valence-corrected chi connectivity index (χ3v) is 2.78. The van der Waals surface area contributed by atoms with E-state index in [0.29, 0.717) is 15.7 Å². The van der Waals surface area contributed by atoms with Crippen molar-refractivity contribution in [2.45, 2.75) is 49.9 Å². The van der Waals surface area contributed by atoms with E-state index in [1.54, 1.807) is 0 Å². The van der Waals surface area contributed by atoms with Crippen molar-refractivity contribution in [3.63, 3.8) is 0 Å². The SMILES string of the molecule is CC(S)C(C)S.CCC(C)S. The van der Waals surface area contributed by atoms with Crippen LogP contribution in [-0.4, -0.2) is 15.7 Å². The molecule has 0 radical (unpaired) electrons. The molecular formula is C8H20S3. The number of rotatable bonds is 2. The molecule has 0 nitrogen and oxygen atoms in total. The second kappa shape index (κ2) is 9.14. The van der Waals surface area contributed by atoms with E-state index in [-0.39, 0.29) is 0 Å². The summed E-state index contributed by atoms with van der Waals surface area (Å²) in [6, 6.07) is 0. The van der Waals surface area contributed by atoms with E-state index >= 15 is 0 Å². The summed E-state index contributed by atoms with van der Waals surface area (Å²) in [7, 11) is 0. The Balaban J connectivity index is 0. The molecule has 0 amide bonds. The van der Waals surface area contributed by atoms with Crippen LogP contribution in [0.1, 0.15) is 34.1 Å². The van der Waals surface area contributed by atoms with Crippen LogP contribution in [0.3, 0.4) is 0 Å². The average molecular weight is 212 g/mol. The van der Waals surface area contributed by atoms with Crippen molar-refractivity contribution in [1.82, 2.24) is 0 Å². The first kappa shape index (κ1) is 14.6. The fourth-order valence-corrected chi connectivity index (χ4v) is 0. The van der Waals surface area contributed by atoms with Crippen molar-refractivity contribution in [2.75, 3.05) is 0 Å². The topological polar surface area (TPSA) is 0 Å². The van der Waals surface area contributed by atoms with Crippen molar-refractivity contribution in [3.8, 4) is 0 Å². The summed E-state index contributed by atoms with van der Waals surface area (Å²) >= 11 is 12.3. The van der Waals surface area contributed by atoms with Gasteiger partial charge >= 0.3 is 0 Å². The Morgan fingerprint density at radius 1 is 0.909 bits per heavy atom. The highest BCUT2D eigenvalue weighted by Crippen LogP contribution is 2.04. The molecule has 3 unspecified atom stereocenters. The lowest BCUT2D eigenvalue weighted by molar-refractivity contribution is 0.913. The molecule has 0 spiro atoms. The summed E-state index contributed by atoms with van der Waals surface area (Å²) < 4.78 is 0. The number of hydrogen-bond donors (Lipinski definition) is 3. The lowest BCUT2D eigenvalue weighted by Crippen LogP contribution is -2.04. The maximum Gasteiger partial charge on any atom is 0.0102 e. The predicted octanol–water partition coefficient (Wildman–Crippen LogP) is 3.34. The van der Waals surface area contributed by atoms with E-state index in [0.717, 1.165) is 0 Å². The van der Waals surface area contributed by atoms with Gasteiger partial charge in [0.25, 0.3) is 0 Å². The second-order valence-corrected chi connectivity index (χ2v) is 5.25. The molecule has 11 heavy (non-hydrogen) atoms. The smallest absolute Gasteiger partial charge is 0.0102 e. The van der Waals surface area contributed by atoms with Gasteiger partial charge in [-0.2, -0.15) is 37.9 Å². The predicted molar refractivity (Wildman–Crippen MR) is 65.6 cm³/mol. The molecule has 0 bridgehead atoms. The van der Waals surface area contributed by atoms with Crippen LogP contribution in [-0.2, 0) is 0 Å². The van der Waals surface area contributed by atoms with E-state index in [2.05, 4.69) is 51.7 Å². The van der Waals surface area contributed by atoms with Crippen LogP contribution in [0, 0.1) is 0 Å². The molecule has 0 rings (SSSR count). The molecule has 3 atom stereocenters. The molecule has 0 saturated heterocycles. The molecule has 0 saturated carbocycles. The Kier molecular flexibility index (Phi) is 12.1. The van der Waals surface area contributed by atoms with E-state index in [1.165, 1.54) is 6.42 Å². The minimum Gasteiger partial charge on any atom is -0.176 e. The summed E-state index contributed by atoms with van der Waals surface area (Å²) in [4.78, 5) is 0. The number of thiol groups is 3. The van der Waals surface area contributed by atoms with Crippen molar-refractivity contribution < 1.29 is 0 Å². The Hall–Kier alpha value is 1.05. The van der Waals surface area contributed by atoms with Gasteiger partial charge in [0.15, 0.2) is 0 Å². The lowest BCUT2D eigenvalue weighted by atomic mass is 10.4. The van der Waals surface area contributed by atoms with Crippen LogP contribution < -0.4 is 0 Å². The number of hydrogen-bond acceptors (Lipinski definition) is 3. The van der Waals surface area contributed by atoms with Crippen molar-refractivity contribution >= 4 is 37.9 Å². The summed E-state index contributed by atoms with van der Waals surface area (Å²) in [6.07, 6.45) is 1.17. The molecule has 0 N–H and O–H groups in total. The minimum atomic E-state index is 0.410. The third kappa shape index (κ3) is 18.2. The first-order valence-corrected chi connectivity index (χ1v) is 5.50. The highest BCUT2D eigenvalue weighted by atomic mass is 32.1. The van der Waals surface area contributed by atoms with Crippen LogP contribution in [0.5, 0.6) is 0 Å². The van der Waals surface area contributed by atoms with Crippen LogP contribution in [0.25, 0.3) is 0 Å². The van der Waals surface area contributed by atoms with Gasteiger partial charge in [0.05, 0.1) is 0 Å². The maximum atomic E-state index is 4.12. The molecule has 0 aliphatic carbocycles. The average Bonchev–Trinajstić information content (AvgIpc) is 1.89. The van der Waals surface area contributed by atoms with Crippen LogP contribution in [0.2, 0.25) is 0 Å². The molecule has 70 valence electrons. The summed E-state index contributed by atoms with van der Waals surface area (Å²) in [5, 5.41) is 1.40. The van der Waals surface area contributed by atoms with Gasteiger partial charge in [-0.15, -0.1) is 0 Å². The Bertz CT molecular complexity index is 63.7. The highest BCUT2D eigenvalue weighted by Gasteiger charge is 1.97. The van der Waals surface area contributed by atoms with Crippen LogP contribution >= 0.6 is 37.9 Å². The van der Waals surface area contributed by atoms with E-state index < -0.39 is 0 Å².